The van der Waals surface area contributed by atoms with Gasteiger partial charge in [0.15, 0.2) is 0 Å². The highest BCUT2D eigenvalue weighted by molar-refractivity contribution is 6.04. The van der Waals surface area contributed by atoms with Crippen LogP contribution in [0.5, 0.6) is 0 Å². The van der Waals surface area contributed by atoms with Crippen LogP contribution in [0.15, 0.2) is 41.4 Å². The fourth-order valence-electron chi connectivity index (χ4n) is 4.25. The molecule has 1 aromatic heterocycles. The second-order valence-electron chi connectivity index (χ2n) is 8.10. The van der Waals surface area contributed by atoms with Crippen LogP contribution in [0.25, 0.3) is 16.5 Å². The zero-order valence-corrected chi connectivity index (χ0v) is 17.7. The quantitative estimate of drug-likeness (QED) is 0.390. The number of hydrogen-bond acceptors (Lipinski definition) is 3. The van der Waals surface area contributed by atoms with Gasteiger partial charge in [0.2, 0.25) is 11.7 Å². The number of likely N-dealkylation sites (tertiary alicyclic amines) is 1. The third-order valence-electron chi connectivity index (χ3n) is 5.91. The first kappa shape index (κ1) is 21.0. The van der Waals surface area contributed by atoms with Gasteiger partial charge in [0.05, 0.1) is 17.3 Å². The maximum Gasteiger partial charge on any atom is 0.279 e. The number of aliphatic imine (C=N–C) groups is 1. The lowest BCUT2D eigenvalue weighted by molar-refractivity contribution is -0.121. The number of carbonyl (C=O) groups is 1. The molecule has 31 heavy (non-hydrogen) atoms. The van der Waals surface area contributed by atoms with Gasteiger partial charge in [-0.05, 0) is 61.1 Å². The highest BCUT2D eigenvalue weighted by Gasteiger charge is 2.20. The molecule has 1 unspecified atom stereocenters. The van der Waals surface area contributed by atoms with E-state index in [0.29, 0.717) is 18.7 Å². The summed E-state index contributed by atoms with van der Waals surface area (Å²) in [6.07, 6.45) is 12.3. The van der Waals surface area contributed by atoms with E-state index in [2.05, 4.69) is 25.4 Å². The fraction of sp³-hybridized carbons (Fsp3) is 0.391. The molecule has 2 aliphatic rings. The van der Waals surface area contributed by atoms with E-state index in [1.54, 1.807) is 0 Å². The number of amidine groups is 1. The van der Waals surface area contributed by atoms with Gasteiger partial charge < -0.3 is 16.0 Å². The number of piperidine rings is 1. The standard InChI is InChI=1S/C23H29N7O/c24-15-26-23(25)17-7-8-20-19(14-17)22(29-28-20)16-5-4-6-18(13-16)27-21(31)9-12-30-10-2-1-3-11-30/h4-8,14-15,18H,1-3,9-13H2,(H,27,31)(H,28,29)(H3,24,25,26)/p+1. The Morgan fingerprint density at radius 1 is 1.35 bits per heavy atom. The van der Waals surface area contributed by atoms with Gasteiger partial charge >= 0.3 is 0 Å². The average molecular weight is 421 g/mol. The van der Waals surface area contributed by atoms with E-state index < -0.39 is 0 Å². The molecule has 0 spiro atoms. The first-order chi connectivity index (χ1) is 15.1. The summed E-state index contributed by atoms with van der Waals surface area (Å²) < 4.78 is 0. The molecular weight excluding hydrogens is 390 g/mol. The van der Waals surface area contributed by atoms with Gasteiger partial charge in [-0.1, -0.05) is 24.6 Å². The average Bonchev–Trinajstić information content (AvgIpc) is 3.22. The largest absolute Gasteiger partial charge is 0.362 e. The van der Waals surface area contributed by atoms with Crippen molar-refractivity contribution in [2.45, 2.75) is 38.1 Å². The van der Waals surface area contributed by atoms with Crippen LogP contribution in [-0.4, -0.2) is 58.9 Å². The smallest absolute Gasteiger partial charge is 0.279 e. The van der Waals surface area contributed by atoms with E-state index in [4.69, 9.17) is 11.1 Å². The number of benzene rings is 1. The van der Waals surface area contributed by atoms with E-state index in [1.807, 2.05) is 36.4 Å². The van der Waals surface area contributed by atoms with Gasteiger partial charge in [0, 0.05) is 23.9 Å². The Hall–Kier alpha value is -3.26. The molecule has 1 amide bonds. The lowest BCUT2D eigenvalue weighted by atomic mass is 9.95. The van der Waals surface area contributed by atoms with Gasteiger partial charge in [-0.3, -0.25) is 15.3 Å². The van der Waals surface area contributed by atoms with Crippen LogP contribution in [0.1, 0.15) is 43.4 Å². The van der Waals surface area contributed by atoms with E-state index in [1.165, 1.54) is 25.6 Å². The topological polar surface area (TPSA) is 125 Å². The molecule has 162 valence electrons. The lowest BCUT2D eigenvalue weighted by Crippen LogP contribution is -2.38. The Morgan fingerprint density at radius 2 is 2.19 bits per heavy atom. The summed E-state index contributed by atoms with van der Waals surface area (Å²) >= 11 is 0. The van der Waals surface area contributed by atoms with Crippen molar-refractivity contribution in [1.82, 2.24) is 20.4 Å². The van der Waals surface area contributed by atoms with Crippen LogP contribution in [0.4, 0.5) is 0 Å². The van der Waals surface area contributed by atoms with Crippen LogP contribution >= 0.6 is 0 Å². The summed E-state index contributed by atoms with van der Waals surface area (Å²) in [5.74, 6) is 0.450. The molecule has 1 atom stereocenters. The fourth-order valence-corrected chi connectivity index (χ4v) is 4.25. The van der Waals surface area contributed by atoms with Crippen LogP contribution in [0, 0.1) is 0 Å². The van der Waals surface area contributed by atoms with Gasteiger partial charge in [0.1, 0.15) is 0 Å². The third-order valence-corrected chi connectivity index (χ3v) is 5.91. The first-order valence-electron chi connectivity index (χ1n) is 10.9. The highest BCUT2D eigenvalue weighted by atomic mass is 16.1. The molecular formula is C23H30N7O+. The van der Waals surface area contributed by atoms with Crippen molar-refractivity contribution in [1.29, 1.82) is 0 Å². The van der Waals surface area contributed by atoms with Crippen molar-refractivity contribution in [3.63, 3.8) is 0 Å². The number of allylic oxidation sites excluding steroid dienone is 2. The molecule has 1 aromatic carbocycles. The van der Waals surface area contributed by atoms with Crippen LogP contribution in [0.3, 0.4) is 0 Å². The molecule has 6 N–H and O–H groups in total. The van der Waals surface area contributed by atoms with Crippen LogP contribution < -0.4 is 16.5 Å². The minimum Gasteiger partial charge on any atom is -0.362 e. The molecule has 2 aromatic rings. The molecule has 1 aliphatic heterocycles. The number of rotatable bonds is 7. The third kappa shape index (κ3) is 5.08. The molecule has 0 bridgehead atoms. The molecule has 2 heterocycles. The molecule has 0 saturated carbocycles. The summed E-state index contributed by atoms with van der Waals surface area (Å²) in [5, 5.41) is 17.1. The van der Waals surface area contributed by atoms with Crippen molar-refractivity contribution >= 4 is 34.6 Å². The molecule has 8 heteroatoms. The molecule has 8 nitrogen and oxygen atoms in total. The van der Waals surface area contributed by atoms with Crippen molar-refractivity contribution in [2.75, 3.05) is 19.6 Å². The minimum atomic E-state index is -0.0396. The number of carbonyl (C=O) groups excluding carboxylic acids is 1. The summed E-state index contributed by atoms with van der Waals surface area (Å²) in [6, 6.07) is 5.73. The predicted octanol–water partition coefficient (Wildman–Crippen LogP) is 0.760. The summed E-state index contributed by atoms with van der Waals surface area (Å²) in [7, 11) is 0. The molecule has 1 saturated heterocycles. The number of aromatic nitrogens is 2. The maximum absolute atomic E-state index is 12.5. The Labute approximate surface area is 181 Å². The van der Waals surface area contributed by atoms with Crippen molar-refractivity contribution in [3.05, 3.63) is 47.7 Å². The normalized spacial score (nSPS) is 19.9. The van der Waals surface area contributed by atoms with Gasteiger partial charge in [-0.15, -0.1) is 0 Å². The van der Waals surface area contributed by atoms with Gasteiger partial charge in [-0.2, -0.15) is 5.10 Å². The van der Waals surface area contributed by atoms with Crippen molar-refractivity contribution in [2.24, 2.45) is 10.7 Å². The Bertz CT molecular complexity index is 1040. The zero-order valence-electron chi connectivity index (χ0n) is 17.7. The maximum atomic E-state index is 12.5. The SMILES string of the molecule is NC(=NC=[NH2+])c1ccc2[nH]nc(C3=CC=CC(NC(=O)CCN4CCCCC4)C3)c2c1. The second kappa shape index (κ2) is 9.70. The number of nitrogens with one attached hydrogen (secondary N) is 2. The molecule has 1 aliphatic carbocycles. The lowest BCUT2D eigenvalue weighted by Gasteiger charge is -2.26. The number of H-pyrrole nitrogens is 1. The zero-order chi connectivity index (χ0) is 21.6. The van der Waals surface area contributed by atoms with Crippen molar-refractivity contribution < 1.29 is 10.2 Å². The van der Waals surface area contributed by atoms with E-state index >= 15 is 0 Å². The number of aromatic amines is 1. The van der Waals surface area contributed by atoms with Gasteiger partial charge in [0.25, 0.3) is 6.34 Å². The van der Waals surface area contributed by atoms with E-state index in [0.717, 1.165) is 47.4 Å². The summed E-state index contributed by atoms with van der Waals surface area (Å²) in [6.45, 7) is 3.05. The molecule has 0 radical (unpaired) electrons. The number of fused-ring (bicyclic) bond motifs is 1. The minimum absolute atomic E-state index is 0.0396. The number of nitrogens with two attached hydrogens (primary N) is 2. The Morgan fingerprint density at radius 3 is 3.00 bits per heavy atom. The van der Waals surface area contributed by atoms with E-state index in [-0.39, 0.29) is 11.9 Å². The number of nitrogens with zero attached hydrogens (tertiary/aromatic N) is 3. The molecule has 4 rings (SSSR count). The van der Waals surface area contributed by atoms with Gasteiger partial charge in [-0.25, -0.2) is 0 Å². The first-order valence-corrected chi connectivity index (χ1v) is 10.9. The number of amides is 1. The predicted molar refractivity (Wildman–Crippen MR) is 123 cm³/mol. The Balaban J connectivity index is 1.42. The van der Waals surface area contributed by atoms with E-state index in [9.17, 15) is 4.79 Å². The number of hydrogen-bond donors (Lipinski definition) is 4. The summed E-state index contributed by atoms with van der Waals surface area (Å²) in [4.78, 5) is 18.8. The van der Waals surface area contributed by atoms with Crippen LogP contribution in [-0.2, 0) is 4.79 Å². The molecule has 1 fully saturated rings. The summed E-state index contributed by atoms with van der Waals surface area (Å²) in [5.41, 5.74) is 9.61. The monoisotopic (exact) mass is 420 g/mol. The second-order valence-corrected chi connectivity index (χ2v) is 8.10. The highest BCUT2D eigenvalue weighted by Crippen LogP contribution is 2.29. The Kier molecular flexibility index (Phi) is 6.57. The van der Waals surface area contributed by atoms with Crippen molar-refractivity contribution in [3.8, 4) is 0 Å². The van der Waals surface area contributed by atoms with Crippen LogP contribution in [0.2, 0.25) is 0 Å².